The second-order valence-electron chi connectivity index (χ2n) is 4.28. The molecule has 0 spiro atoms. The summed E-state index contributed by atoms with van der Waals surface area (Å²) in [5.74, 6) is 0.675. The minimum atomic E-state index is 0.615. The predicted octanol–water partition coefficient (Wildman–Crippen LogP) is 3.57. The van der Waals surface area contributed by atoms with Gasteiger partial charge in [0.2, 0.25) is 0 Å². The highest BCUT2D eigenvalue weighted by molar-refractivity contribution is 6.32. The normalized spacial score (nSPS) is 10.5. The Balaban J connectivity index is 2.04. The first-order chi connectivity index (χ1) is 9.24. The summed E-state index contributed by atoms with van der Waals surface area (Å²) in [4.78, 5) is 4.18. The standard InChI is InChI=1S/C14H18ClN3O/c1-3-6-18-10-16-8-12(18)9-17-11-4-5-13(15)14(7-11)19-2/h4-5,7-8,10,17H,3,6,9H2,1-2H3. The first kappa shape index (κ1) is 13.7. The molecule has 0 aliphatic rings. The number of halogens is 1. The van der Waals surface area contributed by atoms with E-state index in [-0.39, 0.29) is 0 Å². The van der Waals surface area contributed by atoms with Crippen LogP contribution >= 0.6 is 11.6 Å². The fraction of sp³-hybridized carbons (Fsp3) is 0.357. The zero-order valence-corrected chi connectivity index (χ0v) is 11.9. The van der Waals surface area contributed by atoms with Gasteiger partial charge < -0.3 is 14.6 Å². The van der Waals surface area contributed by atoms with E-state index in [9.17, 15) is 0 Å². The van der Waals surface area contributed by atoms with Crippen molar-refractivity contribution < 1.29 is 4.74 Å². The molecular weight excluding hydrogens is 262 g/mol. The van der Waals surface area contributed by atoms with E-state index in [1.807, 2.05) is 30.7 Å². The Kier molecular flexibility index (Phi) is 4.68. The van der Waals surface area contributed by atoms with Crippen molar-refractivity contribution >= 4 is 17.3 Å². The third kappa shape index (κ3) is 3.41. The minimum absolute atomic E-state index is 0.615. The summed E-state index contributed by atoms with van der Waals surface area (Å²) >= 11 is 6.00. The van der Waals surface area contributed by atoms with E-state index in [2.05, 4.69) is 21.8 Å². The fourth-order valence-electron chi connectivity index (χ4n) is 1.90. The van der Waals surface area contributed by atoms with E-state index in [1.54, 1.807) is 7.11 Å². The summed E-state index contributed by atoms with van der Waals surface area (Å²) in [6.07, 6.45) is 4.84. The molecule has 0 aliphatic heterocycles. The van der Waals surface area contributed by atoms with Crippen LogP contribution in [-0.2, 0) is 13.1 Å². The number of hydrogen-bond acceptors (Lipinski definition) is 3. The summed E-state index contributed by atoms with van der Waals surface area (Å²) in [7, 11) is 1.61. The molecule has 2 aromatic rings. The largest absolute Gasteiger partial charge is 0.495 e. The number of aromatic nitrogens is 2. The van der Waals surface area contributed by atoms with Gasteiger partial charge in [0.15, 0.2) is 0 Å². The van der Waals surface area contributed by atoms with Crippen LogP contribution in [0.25, 0.3) is 0 Å². The van der Waals surface area contributed by atoms with Gasteiger partial charge in [-0.05, 0) is 18.6 Å². The lowest BCUT2D eigenvalue weighted by Crippen LogP contribution is -2.07. The smallest absolute Gasteiger partial charge is 0.139 e. The van der Waals surface area contributed by atoms with E-state index >= 15 is 0 Å². The number of ether oxygens (including phenoxy) is 1. The molecule has 1 N–H and O–H groups in total. The van der Waals surface area contributed by atoms with Crippen molar-refractivity contribution in [2.75, 3.05) is 12.4 Å². The van der Waals surface area contributed by atoms with Crippen molar-refractivity contribution in [1.82, 2.24) is 9.55 Å². The van der Waals surface area contributed by atoms with Crippen LogP contribution in [-0.4, -0.2) is 16.7 Å². The molecule has 5 heteroatoms. The van der Waals surface area contributed by atoms with Crippen molar-refractivity contribution in [3.05, 3.63) is 41.4 Å². The molecule has 0 unspecified atom stereocenters. The van der Waals surface area contributed by atoms with Gasteiger partial charge in [0.05, 0.1) is 30.7 Å². The highest BCUT2D eigenvalue weighted by atomic mass is 35.5. The number of aryl methyl sites for hydroxylation is 1. The van der Waals surface area contributed by atoms with E-state index in [4.69, 9.17) is 16.3 Å². The maximum absolute atomic E-state index is 6.00. The molecule has 0 fully saturated rings. The van der Waals surface area contributed by atoms with Gasteiger partial charge in [0, 0.05) is 24.5 Å². The number of nitrogens with one attached hydrogen (secondary N) is 1. The quantitative estimate of drug-likeness (QED) is 0.879. The van der Waals surface area contributed by atoms with Crippen molar-refractivity contribution in [3.8, 4) is 5.75 Å². The lowest BCUT2D eigenvalue weighted by atomic mass is 10.3. The molecule has 2 rings (SSSR count). The number of imidazole rings is 1. The lowest BCUT2D eigenvalue weighted by molar-refractivity contribution is 0.415. The Bertz CT molecular complexity index is 539. The van der Waals surface area contributed by atoms with Crippen LogP contribution in [0.3, 0.4) is 0 Å². The Morgan fingerprint density at radius 2 is 2.26 bits per heavy atom. The zero-order valence-electron chi connectivity index (χ0n) is 11.2. The second kappa shape index (κ2) is 6.48. The number of nitrogens with zero attached hydrogens (tertiary/aromatic N) is 2. The van der Waals surface area contributed by atoms with Crippen molar-refractivity contribution in [1.29, 1.82) is 0 Å². The van der Waals surface area contributed by atoms with Gasteiger partial charge in [-0.3, -0.25) is 0 Å². The molecule has 0 saturated carbocycles. The molecule has 0 radical (unpaired) electrons. The monoisotopic (exact) mass is 279 g/mol. The van der Waals surface area contributed by atoms with Gasteiger partial charge in [-0.1, -0.05) is 18.5 Å². The molecule has 0 atom stereocenters. The van der Waals surface area contributed by atoms with Crippen molar-refractivity contribution in [2.24, 2.45) is 0 Å². The van der Waals surface area contributed by atoms with Gasteiger partial charge >= 0.3 is 0 Å². The van der Waals surface area contributed by atoms with Gasteiger partial charge in [-0.25, -0.2) is 4.98 Å². The lowest BCUT2D eigenvalue weighted by Gasteiger charge is -2.11. The molecule has 0 aliphatic carbocycles. The van der Waals surface area contributed by atoms with E-state index in [0.29, 0.717) is 10.8 Å². The SMILES string of the molecule is CCCn1cncc1CNc1ccc(Cl)c(OC)c1. The molecule has 0 bridgehead atoms. The second-order valence-corrected chi connectivity index (χ2v) is 4.69. The zero-order chi connectivity index (χ0) is 13.7. The molecule has 1 aromatic carbocycles. The topological polar surface area (TPSA) is 39.1 Å². The molecule has 19 heavy (non-hydrogen) atoms. The molecule has 0 saturated heterocycles. The third-order valence-corrected chi connectivity index (χ3v) is 3.20. The molecular formula is C14H18ClN3O. The van der Waals surface area contributed by atoms with Crippen LogP contribution in [0.4, 0.5) is 5.69 Å². The van der Waals surface area contributed by atoms with Crippen LogP contribution < -0.4 is 10.1 Å². The van der Waals surface area contributed by atoms with Gasteiger partial charge in [-0.15, -0.1) is 0 Å². The number of methoxy groups -OCH3 is 1. The van der Waals surface area contributed by atoms with Crippen LogP contribution in [0.1, 0.15) is 19.0 Å². The number of hydrogen-bond donors (Lipinski definition) is 1. The maximum Gasteiger partial charge on any atom is 0.139 e. The molecule has 4 nitrogen and oxygen atoms in total. The Morgan fingerprint density at radius 1 is 1.42 bits per heavy atom. The van der Waals surface area contributed by atoms with Crippen molar-refractivity contribution in [3.63, 3.8) is 0 Å². The maximum atomic E-state index is 6.00. The van der Waals surface area contributed by atoms with Crippen LogP contribution in [0.5, 0.6) is 5.75 Å². The number of rotatable bonds is 6. The first-order valence-electron chi connectivity index (χ1n) is 6.31. The van der Waals surface area contributed by atoms with E-state index < -0.39 is 0 Å². The third-order valence-electron chi connectivity index (χ3n) is 2.89. The molecule has 1 heterocycles. The van der Waals surface area contributed by atoms with Gasteiger partial charge in [0.25, 0.3) is 0 Å². The average Bonchev–Trinajstić information content (AvgIpc) is 2.86. The number of benzene rings is 1. The average molecular weight is 280 g/mol. The van der Waals surface area contributed by atoms with Gasteiger partial charge in [0.1, 0.15) is 5.75 Å². The first-order valence-corrected chi connectivity index (χ1v) is 6.68. The summed E-state index contributed by atoms with van der Waals surface area (Å²) in [6, 6.07) is 5.65. The highest BCUT2D eigenvalue weighted by Gasteiger charge is 2.04. The summed E-state index contributed by atoms with van der Waals surface area (Å²) in [6.45, 7) is 3.87. The predicted molar refractivity (Wildman–Crippen MR) is 77.8 cm³/mol. The van der Waals surface area contributed by atoms with E-state index in [1.165, 1.54) is 0 Å². The van der Waals surface area contributed by atoms with Gasteiger partial charge in [-0.2, -0.15) is 0 Å². The number of anilines is 1. The molecule has 102 valence electrons. The molecule has 1 aromatic heterocycles. The van der Waals surface area contributed by atoms with Crippen LogP contribution in [0, 0.1) is 0 Å². The van der Waals surface area contributed by atoms with E-state index in [0.717, 1.165) is 30.9 Å². The Labute approximate surface area is 118 Å². The summed E-state index contributed by atoms with van der Waals surface area (Å²) in [5, 5.41) is 3.96. The summed E-state index contributed by atoms with van der Waals surface area (Å²) in [5.41, 5.74) is 2.14. The van der Waals surface area contributed by atoms with Crippen LogP contribution in [0.15, 0.2) is 30.7 Å². The minimum Gasteiger partial charge on any atom is -0.495 e. The highest BCUT2D eigenvalue weighted by Crippen LogP contribution is 2.27. The Morgan fingerprint density at radius 3 is 3.00 bits per heavy atom. The fourth-order valence-corrected chi connectivity index (χ4v) is 2.09. The Hall–Kier alpha value is -1.68. The molecule has 0 amide bonds. The summed E-state index contributed by atoms with van der Waals surface area (Å²) < 4.78 is 7.35. The van der Waals surface area contributed by atoms with Crippen molar-refractivity contribution in [2.45, 2.75) is 26.4 Å². The van der Waals surface area contributed by atoms with Crippen LogP contribution in [0.2, 0.25) is 5.02 Å².